The molecule has 0 saturated carbocycles. The fourth-order valence-corrected chi connectivity index (χ4v) is 1.72. The van der Waals surface area contributed by atoms with Crippen molar-refractivity contribution in [1.29, 1.82) is 0 Å². The number of anilines is 1. The molecule has 1 fully saturated rings. The first kappa shape index (κ1) is 12.2. The van der Waals surface area contributed by atoms with Crippen LogP contribution < -0.4 is 21.5 Å². The van der Waals surface area contributed by atoms with Gasteiger partial charge in [-0.2, -0.15) is 5.10 Å². The predicted octanol–water partition coefficient (Wildman–Crippen LogP) is -1.35. The lowest BCUT2D eigenvalue weighted by Gasteiger charge is -2.25. The van der Waals surface area contributed by atoms with E-state index in [0.717, 1.165) is 0 Å². The molecule has 2 heterocycles. The third-order valence-corrected chi connectivity index (χ3v) is 2.58. The highest BCUT2D eigenvalue weighted by atomic mass is 16.2. The van der Waals surface area contributed by atoms with E-state index in [0.29, 0.717) is 0 Å². The molecule has 3 amide bonds. The topological polar surface area (TPSA) is 110 Å². The van der Waals surface area contributed by atoms with Gasteiger partial charge >= 0.3 is 6.03 Å². The minimum absolute atomic E-state index is 0.171. The Hall–Kier alpha value is -2.22. The van der Waals surface area contributed by atoms with Crippen LogP contribution in [0.1, 0.15) is 6.42 Å². The van der Waals surface area contributed by atoms with Crippen LogP contribution >= 0.6 is 0 Å². The maximum atomic E-state index is 12.0. The summed E-state index contributed by atoms with van der Waals surface area (Å²) in [5.41, 5.74) is 5.17. The van der Waals surface area contributed by atoms with Crippen molar-refractivity contribution in [2.45, 2.75) is 13.0 Å². The van der Waals surface area contributed by atoms with Crippen LogP contribution in [0.3, 0.4) is 0 Å². The highest BCUT2D eigenvalue weighted by Gasteiger charge is 2.26. The lowest BCUT2D eigenvalue weighted by Crippen LogP contribution is -2.51. The van der Waals surface area contributed by atoms with Gasteiger partial charge in [0.05, 0.1) is 6.54 Å². The van der Waals surface area contributed by atoms with Crippen LogP contribution in [0.2, 0.25) is 0 Å². The quantitative estimate of drug-likeness (QED) is 0.690. The molecule has 3 N–H and O–H groups in total. The Labute approximate surface area is 102 Å². The van der Waals surface area contributed by atoms with E-state index in [2.05, 4.69) is 10.4 Å². The van der Waals surface area contributed by atoms with Gasteiger partial charge in [0.25, 0.3) is 5.56 Å². The Morgan fingerprint density at radius 3 is 2.83 bits per heavy atom. The van der Waals surface area contributed by atoms with E-state index >= 15 is 0 Å². The third kappa shape index (κ3) is 2.23. The zero-order chi connectivity index (χ0) is 13.1. The summed E-state index contributed by atoms with van der Waals surface area (Å²) in [5, 5.41) is 6.02. The summed E-state index contributed by atoms with van der Waals surface area (Å²) in [6.45, 7) is 0.745. The summed E-state index contributed by atoms with van der Waals surface area (Å²) in [7, 11) is 0. The largest absolute Gasteiger partial charge is 0.329 e. The van der Waals surface area contributed by atoms with Gasteiger partial charge in [0.15, 0.2) is 0 Å². The summed E-state index contributed by atoms with van der Waals surface area (Å²) in [6, 6.07) is 0.860. The number of hydrogen-bond acceptors (Lipinski definition) is 5. The minimum atomic E-state index is -0.589. The summed E-state index contributed by atoms with van der Waals surface area (Å²) < 4.78 is 1.19. The molecule has 1 aliphatic heterocycles. The van der Waals surface area contributed by atoms with Crippen molar-refractivity contribution < 1.29 is 9.59 Å². The van der Waals surface area contributed by atoms with E-state index in [1.807, 2.05) is 0 Å². The van der Waals surface area contributed by atoms with Crippen LogP contribution in [-0.4, -0.2) is 34.8 Å². The van der Waals surface area contributed by atoms with Crippen LogP contribution in [0.25, 0.3) is 0 Å². The Morgan fingerprint density at radius 2 is 2.17 bits per heavy atom. The molecule has 8 heteroatoms. The highest BCUT2D eigenvalue weighted by Crippen LogP contribution is 2.10. The van der Waals surface area contributed by atoms with Crippen LogP contribution in [0.4, 0.5) is 10.5 Å². The van der Waals surface area contributed by atoms with Crippen molar-refractivity contribution in [3.05, 3.63) is 22.6 Å². The summed E-state index contributed by atoms with van der Waals surface area (Å²) in [4.78, 5) is 35.9. The van der Waals surface area contributed by atoms with E-state index < -0.39 is 11.6 Å². The van der Waals surface area contributed by atoms with Crippen LogP contribution in [0.15, 0.2) is 17.1 Å². The van der Waals surface area contributed by atoms with Gasteiger partial charge in [-0.05, 0) is 6.07 Å². The summed E-state index contributed by atoms with van der Waals surface area (Å²) in [6.07, 6.45) is 1.60. The van der Waals surface area contributed by atoms with Gasteiger partial charge < -0.3 is 5.73 Å². The van der Waals surface area contributed by atoms with Crippen LogP contribution in [0, 0.1) is 0 Å². The number of nitrogens with two attached hydrogens (primary N) is 1. The molecule has 1 aliphatic rings. The number of nitrogens with one attached hydrogen (secondary N) is 1. The monoisotopic (exact) mass is 251 g/mol. The molecule has 0 aliphatic carbocycles. The second kappa shape index (κ2) is 4.96. The normalized spacial score (nSPS) is 15.7. The molecule has 0 atom stereocenters. The average Bonchev–Trinajstić information content (AvgIpc) is 2.33. The first-order valence-corrected chi connectivity index (χ1v) is 5.51. The number of imide groups is 1. The molecule has 0 bridgehead atoms. The molecule has 0 aromatic carbocycles. The van der Waals surface area contributed by atoms with Gasteiger partial charge in [-0.25, -0.2) is 9.48 Å². The first-order valence-electron chi connectivity index (χ1n) is 5.51. The zero-order valence-electron chi connectivity index (χ0n) is 9.63. The second-order valence-electron chi connectivity index (χ2n) is 3.79. The van der Waals surface area contributed by atoms with Gasteiger partial charge in [-0.15, -0.1) is 0 Å². The molecule has 1 aromatic heterocycles. The SMILES string of the molecule is NCCn1nccc(N2CCC(=O)NC2=O)c1=O. The van der Waals surface area contributed by atoms with Gasteiger partial charge in [0.1, 0.15) is 5.69 Å². The number of amides is 3. The zero-order valence-corrected chi connectivity index (χ0v) is 9.63. The third-order valence-electron chi connectivity index (χ3n) is 2.58. The Balaban J connectivity index is 2.33. The van der Waals surface area contributed by atoms with Crippen molar-refractivity contribution in [3.63, 3.8) is 0 Å². The van der Waals surface area contributed by atoms with Crippen LogP contribution in [0.5, 0.6) is 0 Å². The molecular formula is C10H13N5O3. The Morgan fingerprint density at radius 1 is 1.39 bits per heavy atom. The highest BCUT2D eigenvalue weighted by molar-refractivity contribution is 6.05. The lowest BCUT2D eigenvalue weighted by atomic mass is 10.3. The van der Waals surface area contributed by atoms with Crippen molar-refractivity contribution in [1.82, 2.24) is 15.1 Å². The smallest absolute Gasteiger partial charge is 0.328 e. The van der Waals surface area contributed by atoms with E-state index in [1.165, 1.54) is 21.8 Å². The fraction of sp³-hybridized carbons (Fsp3) is 0.400. The van der Waals surface area contributed by atoms with Crippen molar-refractivity contribution in [3.8, 4) is 0 Å². The van der Waals surface area contributed by atoms with Crippen LogP contribution in [-0.2, 0) is 11.3 Å². The number of hydrogen-bond donors (Lipinski definition) is 2. The van der Waals surface area contributed by atoms with Gasteiger partial charge in [-0.3, -0.25) is 19.8 Å². The molecule has 18 heavy (non-hydrogen) atoms. The molecule has 96 valence electrons. The summed E-state index contributed by atoms with van der Waals surface area (Å²) in [5.74, 6) is -0.340. The Kier molecular flexibility index (Phi) is 3.38. The van der Waals surface area contributed by atoms with Gasteiger partial charge in [0, 0.05) is 25.7 Å². The number of rotatable bonds is 3. The first-order chi connectivity index (χ1) is 8.63. The van der Waals surface area contributed by atoms with E-state index in [9.17, 15) is 14.4 Å². The predicted molar refractivity (Wildman–Crippen MR) is 63.1 cm³/mol. The van der Waals surface area contributed by atoms with Crippen molar-refractivity contribution in [2.75, 3.05) is 18.0 Å². The number of urea groups is 1. The minimum Gasteiger partial charge on any atom is -0.329 e. The molecular weight excluding hydrogens is 238 g/mol. The van der Waals surface area contributed by atoms with Gasteiger partial charge in [-0.1, -0.05) is 0 Å². The van der Waals surface area contributed by atoms with Crippen molar-refractivity contribution >= 4 is 17.6 Å². The van der Waals surface area contributed by atoms with E-state index in [4.69, 9.17) is 5.73 Å². The number of nitrogens with zero attached hydrogens (tertiary/aromatic N) is 3. The Bertz CT molecular complexity index is 539. The number of carbonyl (C=O) groups excluding carboxylic acids is 2. The average molecular weight is 251 g/mol. The molecule has 0 spiro atoms. The molecule has 1 aromatic rings. The van der Waals surface area contributed by atoms with E-state index in [-0.39, 0.29) is 37.6 Å². The van der Waals surface area contributed by atoms with E-state index in [1.54, 1.807) is 0 Å². The van der Waals surface area contributed by atoms with Crippen molar-refractivity contribution in [2.24, 2.45) is 5.73 Å². The maximum Gasteiger partial charge on any atom is 0.328 e. The lowest BCUT2D eigenvalue weighted by molar-refractivity contribution is -0.120. The van der Waals surface area contributed by atoms with Gasteiger partial charge in [0.2, 0.25) is 5.91 Å². The maximum absolute atomic E-state index is 12.0. The molecule has 0 radical (unpaired) electrons. The molecule has 1 saturated heterocycles. The fourth-order valence-electron chi connectivity index (χ4n) is 1.72. The molecule has 2 rings (SSSR count). The number of carbonyl (C=O) groups is 2. The molecule has 0 unspecified atom stereocenters. The second-order valence-corrected chi connectivity index (χ2v) is 3.79. The summed E-state index contributed by atoms with van der Waals surface area (Å²) >= 11 is 0. The number of aromatic nitrogens is 2. The molecule has 8 nitrogen and oxygen atoms in total. The standard InChI is InChI=1S/C10H13N5O3/c11-3-6-15-9(17)7(1-4-12-15)14-5-2-8(16)13-10(14)18/h1,4H,2-3,5-6,11H2,(H,13,16,18).